The van der Waals surface area contributed by atoms with Gasteiger partial charge in [0.1, 0.15) is 4.90 Å². The molecule has 2 N–H and O–H groups in total. The van der Waals surface area contributed by atoms with Crippen LogP contribution < -0.4 is 4.90 Å². The Hall–Kier alpha value is -0.960. The molecule has 0 radical (unpaired) electrons. The minimum absolute atomic E-state index is 0.0174. The van der Waals surface area contributed by atoms with Gasteiger partial charge in [0, 0.05) is 19.5 Å². The summed E-state index contributed by atoms with van der Waals surface area (Å²) in [4.78, 5) is 9.46. The summed E-state index contributed by atoms with van der Waals surface area (Å²) < 4.78 is 24.0. The number of hydrogen-bond donors (Lipinski definition) is 2. The van der Waals surface area contributed by atoms with E-state index in [0.29, 0.717) is 12.1 Å². The van der Waals surface area contributed by atoms with E-state index in [2.05, 4.69) is 9.97 Å². The largest absolute Gasteiger partial charge is 0.395 e. The molecule has 0 saturated carbocycles. The maximum absolute atomic E-state index is 12.0. The molecule has 0 spiro atoms. The molecule has 0 saturated heterocycles. The lowest BCUT2D eigenvalue weighted by Crippen LogP contribution is -2.32. The van der Waals surface area contributed by atoms with Gasteiger partial charge in [0.2, 0.25) is 5.28 Å². The Kier molecular flexibility index (Phi) is 4.24. The normalized spacial score (nSPS) is 16.4. The van der Waals surface area contributed by atoms with Crippen molar-refractivity contribution in [2.75, 3.05) is 37.0 Å². The number of sulfone groups is 1. The standard InChI is InChI=1S/C10H14ClN3O4S/c11-10-12-7-1-6-19(17,18)8(7)9(13-10)14(2-4-15)3-5-16/h15-16H,1-6H2. The SMILES string of the molecule is O=S1(=O)CCc2nc(Cl)nc(N(CCO)CCO)c21. The average Bonchev–Trinajstić information content (AvgIpc) is 2.64. The zero-order valence-corrected chi connectivity index (χ0v) is 11.7. The van der Waals surface area contributed by atoms with Gasteiger partial charge in [-0.1, -0.05) is 0 Å². The summed E-state index contributed by atoms with van der Waals surface area (Å²) in [6, 6.07) is 0. The summed E-state index contributed by atoms with van der Waals surface area (Å²) in [6.45, 7) is -0.0430. The highest BCUT2D eigenvalue weighted by atomic mass is 35.5. The van der Waals surface area contributed by atoms with Gasteiger partial charge < -0.3 is 15.1 Å². The van der Waals surface area contributed by atoms with Crippen LogP contribution in [0.1, 0.15) is 5.69 Å². The van der Waals surface area contributed by atoms with Crippen LogP contribution in [0.3, 0.4) is 0 Å². The van der Waals surface area contributed by atoms with Gasteiger partial charge in [-0.25, -0.2) is 13.4 Å². The summed E-state index contributed by atoms with van der Waals surface area (Å²) in [5.74, 6) is 0.145. The molecule has 2 heterocycles. The highest BCUT2D eigenvalue weighted by Crippen LogP contribution is 2.33. The third kappa shape index (κ3) is 2.81. The lowest BCUT2D eigenvalue weighted by atomic mass is 10.3. The Morgan fingerprint density at radius 3 is 2.42 bits per heavy atom. The number of rotatable bonds is 5. The molecular formula is C10H14ClN3O4S. The molecule has 0 bridgehead atoms. The number of aliphatic hydroxyl groups excluding tert-OH is 2. The van der Waals surface area contributed by atoms with Crippen LogP contribution in [0.5, 0.6) is 0 Å². The lowest BCUT2D eigenvalue weighted by molar-refractivity contribution is 0.280. The number of aromatic nitrogens is 2. The van der Waals surface area contributed by atoms with E-state index >= 15 is 0 Å². The second-order valence-corrected chi connectivity index (χ2v) is 6.48. The molecule has 0 unspecified atom stereocenters. The summed E-state index contributed by atoms with van der Waals surface area (Å²) in [7, 11) is -3.42. The van der Waals surface area contributed by atoms with Crippen molar-refractivity contribution in [2.45, 2.75) is 11.3 Å². The van der Waals surface area contributed by atoms with Crippen LogP contribution in [0.2, 0.25) is 5.28 Å². The van der Waals surface area contributed by atoms with Gasteiger partial charge in [0.15, 0.2) is 15.7 Å². The summed E-state index contributed by atoms with van der Waals surface area (Å²) >= 11 is 5.80. The Morgan fingerprint density at radius 1 is 1.21 bits per heavy atom. The van der Waals surface area contributed by atoms with Crippen molar-refractivity contribution >= 4 is 27.3 Å². The van der Waals surface area contributed by atoms with Gasteiger partial charge in [-0.05, 0) is 11.6 Å². The van der Waals surface area contributed by atoms with E-state index in [4.69, 9.17) is 21.8 Å². The van der Waals surface area contributed by atoms with Gasteiger partial charge >= 0.3 is 0 Å². The molecule has 0 amide bonds. The molecule has 19 heavy (non-hydrogen) atoms. The third-order valence-corrected chi connectivity index (χ3v) is 4.80. The van der Waals surface area contributed by atoms with Crippen LogP contribution in [-0.2, 0) is 16.3 Å². The molecule has 1 aromatic heterocycles. The van der Waals surface area contributed by atoms with Crippen molar-refractivity contribution in [1.29, 1.82) is 0 Å². The smallest absolute Gasteiger partial charge is 0.224 e. The van der Waals surface area contributed by atoms with Crippen LogP contribution in [0, 0.1) is 0 Å². The molecule has 0 fully saturated rings. The van der Waals surface area contributed by atoms with Crippen molar-refractivity contribution in [2.24, 2.45) is 0 Å². The fourth-order valence-corrected chi connectivity index (χ4v) is 3.86. The minimum atomic E-state index is -3.42. The molecule has 9 heteroatoms. The lowest BCUT2D eigenvalue weighted by Gasteiger charge is -2.23. The van der Waals surface area contributed by atoms with Gasteiger partial charge in [0.25, 0.3) is 0 Å². The van der Waals surface area contributed by atoms with Crippen LogP contribution in [0.25, 0.3) is 0 Å². The molecule has 106 valence electrons. The predicted octanol–water partition coefficient (Wildman–Crippen LogP) is -0.749. The molecule has 2 rings (SSSR count). The maximum Gasteiger partial charge on any atom is 0.224 e. The van der Waals surface area contributed by atoms with Crippen molar-refractivity contribution in [1.82, 2.24) is 9.97 Å². The highest BCUT2D eigenvalue weighted by molar-refractivity contribution is 7.91. The van der Waals surface area contributed by atoms with E-state index in [1.165, 1.54) is 4.90 Å². The summed E-state index contributed by atoms with van der Waals surface area (Å²) in [6.07, 6.45) is 0.305. The van der Waals surface area contributed by atoms with Gasteiger partial charge in [-0.2, -0.15) is 4.98 Å². The quantitative estimate of drug-likeness (QED) is 0.690. The number of fused-ring (bicyclic) bond motifs is 1. The molecule has 0 aromatic carbocycles. The van der Waals surface area contributed by atoms with E-state index in [1.54, 1.807) is 0 Å². The fraction of sp³-hybridized carbons (Fsp3) is 0.600. The van der Waals surface area contributed by atoms with Gasteiger partial charge in [-0.3, -0.25) is 0 Å². The van der Waals surface area contributed by atoms with E-state index in [9.17, 15) is 8.42 Å². The zero-order chi connectivity index (χ0) is 14.0. The first-order chi connectivity index (χ1) is 8.99. The van der Waals surface area contributed by atoms with Gasteiger partial charge in [0.05, 0.1) is 24.7 Å². The van der Waals surface area contributed by atoms with E-state index < -0.39 is 9.84 Å². The molecule has 1 aliphatic rings. The van der Waals surface area contributed by atoms with Crippen molar-refractivity contribution in [3.63, 3.8) is 0 Å². The number of aliphatic hydroxyl groups is 2. The van der Waals surface area contributed by atoms with E-state index in [-0.39, 0.29) is 48.1 Å². The molecule has 1 aliphatic heterocycles. The van der Waals surface area contributed by atoms with Crippen molar-refractivity contribution in [3.05, 3.63) is 11.0 Å². The zero-order valence-electron chi connectivity index (χ0n) is 10.1. The monoisotopic (exact) mass is 307 g/mol. The van der Waals surface area contributed by atoms with E-state index in [1.807, 2.05) is 0 Å². The summed E-state index contributed by atoms with van der Waals surface area (Å²) in [5, 5.41) is 18.0. The molecular weight excluding hydrogens is 294 g/mol. The Morgan fingerprint density at radius 2 is 1.84 bits per heavy atom. The second kappa shape index (κ2) is 5.58. The number of anilines is 1. The van der Waals surface area contributed by atoms with E-state index in [0.717, 1.165) is 0 Å². The second-order valence-electron chi connectivity index (χ2n) is 4.10. The highest BCUT2D eigenvalue weighted by Gasteiger charge is 2.34. The van der Waals surface area contributed by atoms with Gasteiger partial charge in [-0.15, -0.1) is 0 Å². The van der Waals surface area contributed by atoms with Crippen LogP contribution in [-0.4, -0.2) is 60.7 Å². The topological polar surface area (TPSA) is 104 Å². The predicted molar refractivity (Wildman–Crippen MR) is 69.2 cm³/mol. The molecule has 7 nitrogen and oxygen atoms in total. The summed E-state index contributed by atoms with van der Waals surface area (Å²) in [5.41, 5.74) is 0.399. The van der Waals surface area contributed by atoms with Crippen LogP contribution >= 0.6 is 11.6 Å². The first-order valence-corrected chi connectivity index (χ1v) is 7.78. The first-order valence-electron chi connectivity index (χ1n) is 5.75. The minimum Gasteiger partial charge on any atom is -0.395 e. The number of nitrogens with zero attached hydrogens (tertiary/aromatic N) is 3. The molecule has 0 atom stereocenters. The Bertz CT molecular complexity index is 572. The van der Waals surface area contributed by atoms with Crippen molar-refractivity contribution in [3.8, 4) is 0 Å². The number of aryl methyl sites for hydroxylation is 1. The number of halogens is 1. The molecule has 1 aromatic rings. The molecule has 0 aliphatic carbocycles. The maximum atomic E-state index is 12.0. The van der Waals surface area contributed by atoms with Crippen molar-refractivity contribution < 1.29 is 18.6 Å². The Labute approximate surface area is 115 Å². The van der Waals surface area contributed by atoms with Crippen LogP contribution in [0.4, 0.5) is 5.82 Å². The van der Waals surface area contributed by atoms with Crippen LogP contribution in [0.15, 0.2) is 4.90 Å². The first kappa shape index (κ1) is 14.4. The third-order valence-electron chi connectivity index (χ3n) is 2.85. The average molecular weight is 308 g/mol. The fourth-order valence-electron chi connectivity index (χ4n) is 2.05. The number of hydrogen-bond acceptors (Lipinski definition) is 7. The Balaban J connectivity index is 2.56.